The lowest BCUT2D eigenvalue weighted by molar-refractivity contribution is 0.579. The van der Waals surface area contributed by atoms with Gasteiger partial charge in [0.1, 0.15) is 0 Å². The molecule has 0 radical (unpaired) electrons. The van der Waals surface area contributed by atoms with Crippen LogP contribution in [0.15, 0.2) is 22.6 Å². The third-order valence-electron chi connectivity index (χ3n) is 1.75. The van der Waals surface area contributed by atoms with E-state index in [0.717, 1.165) is 16.7 Å². The number of para-hydroxylation sites is 1. The zero-order valence-corrected chi connectivity index (χ0v) is 7.15. The summed E-state index contributed by atoms with van der Waals surface area (Å²) in [4.78, 5) is 3.32. The Morgan fingerprint density at radius 1 is 1.50 bits per heavy atom. The molecule has 0 saturated heterocycles. The van der Waals surface area contributed by atoms with Gasteiger partial charge in [-0.05, 0) is 18.3 Å². The number of H-pyrrole nitrogens is 1. The molecule has 0 bridgehead atoms. The summed E-state index contributed by atoms with van der Waals surface area (Å²) >= 11 is 4.86. The highest BCUT2D eigenvalue weighted by molar-refractivity contribution is 7.71. The first-order chi connectivity index (χ1) is 5.81. The number of aromatic nitrogens is 1. The lowest BCUT2D eigenvalue weighted by Crippen LogP contribution is -1.95. The van der Waals surface area contributed by atoms with Crippen molar-refractivity contribution in [1.82, 2.24) is 4.98 Å². The van der Waals surface area contributed by atoms with Crippen molar-refractivity contribution in [3.8, 4) is 0 Å². The summed E-state index contributed by atoms with van der Waals surface area (Å²) in [6, 6.07) is 5.76. The molecule has 0 spiro atoms. The number of hydrogen-bond donors (Lipinski definition) is 2. The molecular weight excluding hydrogens is 172 g/mol. The van der Waals surface area contributed by atoms with E-state index in [1.807, 2.05) is 18.2 Å². The van der Waals surface area contributed by atoms with E-state index in [1.165, 1.54) is 0 Å². The van der Waals surface area contributed by atoms with E-state index >= 15 is 0 Å². The van der Waals surface area contributed by atoms with Gasteiger partial charge in [-0.25, -0.2) is 0 Å². The van der Waals surface area contributed by atoms with Crippen LogP contribution in [0.1, 0.15) is 5.56 Å². The number of nitrogens with two attached hydrogens (primary N) is 1. The zero-order chi connectivity index (χ0) is 8.55. The molecule has 0 amide bonds. The highest BCUT2D eigenvalue weighted by Gasteiger charge is 2.02. The molecule has 0 saturated carbocycles. The second kappa shape index (κ2) is 2.73. The van der Waals surface area contributed by atoms with Crippen molar-refractivity contribution in [2.45, 2.75) is 6.54 Å². The summed E-state index contributed by atoms with van der Waals surface area (Å²) in [7, 11) is 0. The Hall–Kier alpha value is -1.13. The van der Waals surface area contributed by atoms with Gasteiger partial charge >= 0.3 is 0 Å². The van der Waals surface area contributed by atoms with Crippen molar-refractivity contribution >= 4 is 23.3 Å². The van der Waals surface area contributed by atoms with Crippen molar-refractivity contribution in [3.05, 3.63) is 28.6 Å². The van der Waals surface area contributed by atoms with E-state index in [2.05, 4.69) is 4.98 Å². The third-order valence-corrected chi connectivity index (χ3v) is 1.93. The maximum Gasteiger partial charge on any atom is 0.266 e. The molecule has 1 heterocycles. The summed E-state index contributed by atoms with van der Waals surface area (Å²) in [5, 5.41) is 0. The van der Waals surface area contributed by atoms with Gasteiger partial charge in [0.05, 0.1) is 5.52 Å². The van der Waals surface area contributed by atoms with E-state index in [0.29, 0.717) is 11.4 Å². The molecule has 0 aliphatic rings. The van der Waals surface area contributed by atoms with E-state index in [1.54, 1.807) is 0 Å². The van der Waals surface area contributed by atoms with E-state index < -0.39 is 0 Å². The van der Waals surface area contributed by atoms with Gasteiger partial charge in [-0.2, -0.15) is 0 Å². The normalized spacial score (nSPS) is 10.8. The molecular formula is C8H8N2OS. The van der Waals surface area contributed by atoms with Crippen LogP contribution < -0.4 is 5.73 Å². The number of nitrogens with one attached hydrogen (secondary N) is 1. The average molecular weight is 180 g/mol. The molecule has 0 aliphatic heterocycles. The number of hydrogen-bond acceptors (Lipinski definition) is 3. The fraction of sp³-hybridized carbons (Fsp3) is 0.125. The van der Waals surface area contributed by atoms with Crippen molar-refractivity contribution in [2.24, 2.45) is 5.73 Å². The van der Waals surface area contributed by atoms with E-state index in [4.69, 9.17) is 22.4 Å². The maximum atomic E-state index is 5.52. The summed E-state index contributed by atoms with van der Waals surface area (Å²) in [5.74, 6) is 0. The van der Waals surface area contributed by atoms with Crippen LogP contribution in [0.5, 0.6) is 0 Å². The second-order valence-electron chi connectivity index (χ2n) is 2.51. The minimum Gasteiger partial charge on any atom is -0.429 e. The van der Waals surface area contributed by atoms with Gasteiger partial charge in [-0.3, -0.25) is 0 Å². The summed E-state index contributed by atoms with van der Waals surface area (Å²) in [6.07, 6.45) is 0. The van der Waals surface area contributed by atoms with Crippen molar-refractivity contribution < 1.29 is 4.42 Å². The van der Waals surface area contributed by atoms with Crippen molar-refractivity contribution in [3.63, 3.8) is 0 Å². The molecule has 0 unspecified atom stereocenters. The summed E-state index contributed by atoms with van der Waals surface area (Å²) in [6.45, 7) is 0.466. The van der Waals surface area contributed by atoms with Crippen LogP contribution in [0.2, 0.25) is 0 Å². The standard InChI is InChI=1S/C8H8N2OS/c9-4-5-2-1-3-6-7(5)11-8(12)10-6/h1-3H,4,9H2,(H,10,12). The fourth-order valence-electron chi connectivity index (χ4n) is 1.19. The molecule has 0 atom stereocenters. The van der Waals surface area contributed by atoms with Gasteiger partial charge in [0.25, 0.3) is 4.84 Å². The molecule has 3 nitrogen and oxygen atoms in total. The van der Waals surface area contributed by atoms with Crippen LogP contribution in [-0.4, -0.2) is 4.98 Å². The third kappa shape index (κ3) is 1.05. The molecule has 1 aromatic heterocycles. The van der Waals surface area contributed by atoms with Gasteiger partial charge in [-0.1, -0.05) is 12.1 Å². The molecule has 0 fully saturated rings. The molecule has 2 rings (SSSR count). The quantitative estimate of drug-likeness (QED) is 0.659. The van der Waals surface area contributed by atoms with E-state index in [-0.39, 0.29) is 0 Å². The second-order valence-corrected chi connectivity index (χ2v) is 2.88. The molecule has 12 heavy (non-hydrogen) atoms. The number of fused-ring (bicyclic) bond motifs is 1. The number of aromatic amines is 1. The average Bonchev–Trinajstić information content (AvgIpc) is 2.44. The molecule has 1 aromatic carbocycles. The Kier molecular flexibility index (Phi) is 1.71. The summed E-state index contributed by atoms with van der Waals surface area (Å²) < 4.78 is 5.27. The Morgan fingerprint density at radius 3 is 3.08 bits per heavy atom. The van der Waals surface area contributed by atoms with Gasteiger partial charge in [0.2, 0.25) is 0 Å². The Morgan fingerprint density at radius 2 is 2.33 bits per heavy atom. The fourth-order valence-corrected chi connectivity index (χ4v) is 1.39. The molecule has 4 heteroatoms. The van der Waals surface area contributed by atoms with Gasteiger partial charge in [-0.15, -0.1) is 0 Å². The Bertz CT molecular complexity index is 457. The molecule has 0 aliphatic carbocycles. The minimum atomic E-state index is 0.394. The molecule has 62 valence electrons. The monoisotopic (exact) mass is 180 g/mol. The highest BCUT2D eigenvalue weighted by atomic mass is 32.1. The first-order valence-corrected chi connectivity index (χ1v) is 4.03. The van der Waals surface area contributed by atoms with Crippen LogP contribution in [0.3, 0.4) is 0 Å². The van der Waals surface area contributed by atoms with Gasteiger partial charge in [0.15, 0.2) is 5.58 Å². The topological polar surface area (TPSA) is 55.0 Å². The predicted molar refractivity (Wildman–Crippen MR) is 49.3 cm³/mol. The SMILES string of the molecule is NCc1cccc2[nH]c(=S)oc12. The summed E-state index contributed by atoms with van der Waals surface area (Å²) in [5.41, 5.74) is 8.16. The smallest absolute Gasteiger partial charge is 0.266 e. The first kappa shape index (κ1) is 7.52. The van der Waals surface area contributed by atoms with Crippen molar-refractivity contribution in [2.75, 3.05) is 0 Å². The Labute approximate surface area is 74.2 Å². The number of oxazole rings is 1. The lowest BCUT2D eigenvalue weighted by atomic mass is 10.2. The van der Waals surface area contributed by atoms with Crippen LogP contribution >= 0.6 is 12.2 Å². The van der Waals surface area contributed by atoms with Crippen LogP contribution in [-0.2, 0) is 6.54 Å². The molecule has 2 aromatic rings. The van der Waals surface area contributed by atoms with Gasteiger partial charge < -0.3 is 15.1 Å². The largest absolute Gasteiger partial charge is 0.429 e. The Balaban J connectivity index is 2.87. The minimum absolute atomic E-state index is 0.394. The van der Waals surface area contributed by atoms with E-state index in [9.17, 15) is 0 Å². The highest BCUT2D eigenvalue weighted by Crippen LogP contribution is 2.17. The molecule has 3 N–H and O–H groups in total. The van der Waals surface area contributed by atoms with Crippen LogP contribution in [0, 0.1) is 4.84 Å². The first-order valence-electron chi connectivity index (χ1n) is 3.62. The zero-order valence-electron chi connectivity index (χ0n) is 6.33. The number of rotatable bonds is 1. The van der Waals surface area contributed by atoms with Crippen LogP contribution in [0.25, 0.3) is 11.1 Å². The van der Waals surface area contributed by atoms with Crippen LogP contribution in [0.4, 0.5) is 0 Å². The van der Waals surface area contributed by atoms with Crippen molar-refractivity contribution in [1.29, 1.82) is 0 Å². The lowest BCUT2D eigenvalue weighted by Gasteiger charge is -1.94. The number of benzene rings is 1. The van der Waals surface area contributed by atoms with Gasteiger partial charge in [0, 0.05) is 12.1 Å². The predicted octanol–water partition coefficient (Wildman–Crippen LogP) is 1.95. The maximum absolute atomic E-state index is 5.52.